The third-order valence-electron chi connectivity index (χ3n) is 3.87. The van der Waals surface area contributed by atoms with Crippen LogP contribution in [0.1, 0.15) is 23.6 Å². The van der Waals surface area contributed by atoms with Crippen LogP contribution in [0, 0.1) is 6.92 Å². The minimum absolute atomic E-state index is 0.995. The molecule has 2 heteroatoms. The van der Waals surface area contributed by atoms with E-state index in [4.69, 9.17) is 0 Å². The Morgan fingerprint density at radius 3 is 2.57 bits per heavy atom. The zero-order valence-electron chi connectivity index (χ0n) is 12.9. The number of aryl methyl sites for hydroxylation is 3. The lowest BCUT2D eigenvalue weighted by Crippen LogP contribution is -2.25. The number of pyridine rings is 1. The Morgan fingerprint density at radius 1 is 1.10 bits per heavy atom. The molecule has 0 atom stereocenters. The Kier molecular flexibility index (Phi) is 3.61. The molecule has 21 heavy (non-hydrogen) atoms. The third kappa shape index (κ3) is 2.75. The molecule has 2 aromatic heterocycles. The number of aromatic nitrogens is 2. The fraction of sp³-hybridized carbons (Fsp3) is 0.211. The van der Waals surface area contributed by atoms with E-state index < -0.39 is 0 Å². The second-order valence-electron chi connectivity index (χ2n) is 5.52. The van der Waals surface area contributed by atoms with Crippen LogP contribution in [0.25, 0.3) is 23.1 Å². The van der Waals surface area contributed by atoms with Crippen LogP contribution in [-0.2, 0) is 13.6 Å². The standard InChI is InChI=1S/C19H21N2/c1-4-21-14-17(18-13-15(2)5-8-19(18)21)7-6-16-9-11-20(3)12-10-16/h5-14H,4H2,1-3H3/q+1. The minimum atomic E-state index is 0.995. The number of benzene rings is 1. The predicted molar refractivity (Wildman–Crippen MR) is 88.9 cm³/mol. The first-order valence-electron chi connectivity index (χ1n) is 7.40. The fourth-order valence-corrected chi connectivity index (χ4v) is 2.64. The van der Waals surface area contributed by atoms with E-state index in [1.165, 1.54) is 27.6 Å². The molecule has 0 radical (unpaired) electrons. The zero-order valence-corrected chi connectivity index (χ0v) is 12.9. The van der Waals surface area contributed by atoms with Crippen LogP contribution < -0.4 is 4.57 Å². The summed E-state index contributed by atoms with van der Waals surface area (Å²) < 4.78 is 4.35. The summed E-state index contributed by atoms with van der Waals surface area (Å²) in [6, 6.07) is 10.9. The summed E-state index contributed by atoms with van der Waals surface area (Å²) in [7, 11) is 2.03. The van der Waals surface area contributed by atoms with E-state index in [0.717, 1.165) is 6.54 Å². The molecule has 0 saturated carbocycles. The molecule has 2 heterocycles. The monoisotopic (exact) mass is 277 g/mol. The molecule has 0 aliphatic rings. The van der Waals surface area contributed by atoms with Gasteiger partial charge in [0.1, 0.15) is 7.05 Å². The average Bonchev–Trinajstić information content (AvgIpc) is 2.84. The van der Waals surface area contributed by atoms with Gasteiger partial charge >= 0.3 is 0 Å². The molecule has 106 valence electrons. The SMILES string of the molecule is CCn1cc(C=Cc2cc[n+](C)cc2)c2cc(C)ccc21. The molecule has 0 unspecified atom stereocenters. The lowest BCUT2D eigenvalue weighted by Gasteiger charge is -2.00. The van der Waals surface area contributed by atoms with E-state index >= 15 is 0 Å². The van der Waals surface area contributed by atoms with Crippen LogP contribution in [-0.4, -0.2) is 4.57 Å². The van der Waals surface area contributed by atoms with Crippen LogP contribution in [0.5, 0.6) is 0 Å². The van der Waals surface area contributed by atoms with Gasteiger partial charge in [0.15, 0.2) is 12.4 Å². The maximum absolute atomic E-state index is 2.30. The molecule has 3 rings (SSSR count). The Bertz CT molecular complexity index is 792. The highest BCUT2D eigenvalue weighted by molar-refractivity contribution is 5.92. The average molecular weight is 277 g/mol. The van der Waals surface area contributed by atoms with Gasteiger partial charge < -0.3 is 4.57 Å². The molecule has 0 N–H and O–H groups in total. The summed E-state index contributed by atoms with van der Waals surface area (Å²) in [5, 5.41) is 1.33. The van der Waals surface area contributed by atoms with Crippen LogP contribution in [0.2, 0.25) is 0 Å². The van der Waals surface area contributed by atoms with E-state index in [9.17, 15) is 0 Å². The quantitative estimate of drug-likeness (QED) is 0.641. The summed E-state index contributed by atoms with van der Waals surface area (Å²) in [6.45, 7) is 5.33. The number of nitrogens with zero attached hydrogens (tertiary/aromatic N) is 2. The van der Waals surface area contributed by atoms with E-state index in [0.29, 0.717) is 0 Å². The third-order valence-corrected chi connectivity index (χ3v) is 3.87. The van der Waals surface area contributed by atoms with Gasteiger partial charge in [-0.15, -0.1) is 0 Å². The highest BCUT2D eigenvalue weighted by Gasteiger charge is 2.05. The second kappa shape index (κ2) is 5.57. The molecular weight excluding hydrogens is 256 g/mol. The van der Waals surface area contributed by atoms with Crippen LogP contribution in [0.4, 0.5) is 0 Å². The van der Waals surface area contributed by atoms with Crippen molar-refractivity contribution in [3.05, 3.63) is 65.6 Å². The lowest BCUT2D eigenvalue weighted by molar-refractivity contribution is -0.671. The number of hydrogen-bond donors (Lipinski definition) is 0. The topological polar surface area (TPSA) is 8.81 Å². The van der Waals surface area contributed by atoms with Crippen molar-refractivity contribution in [2.24, 2.45) is 7.05 Å². The van der Waals surface area contributed by atoms with Gasteiger partial charge in [-0.05, 0) is 31.5 Å². The largest absolute Gasteiger partial charge is 0.347 e. The summed E-state index contributed by atoms with van der Waals surface area (Å²) in [5.74, 6) is 0. The van der Waals surface area contributed by atoms with Crippen molar-refractivity contribution in [2.75, 3.05) is 0 Å². The van der Waals surface area contributed by atoms with Crippen molar-refractivity contribution in [2.45, 2.75) is 20.4 Å². The van der Waals surface area contributed by atoms with Crippen molar-refractivity contribution in [3.8, 4) is 0 Å². The second-order valence-corrected chi connectivity index (χ2v) is 5.52. The van der Waals surface area contributed by atoms with Gasteiger partial charge in [-0.2, -0.15) is 0 Å². The van der Waals surface area contributed by atoms with E-state index in [-0.39, 0.29) is 0 Å². The van der Waals surface area contributed by atoms with E-state index in [1.54, 1.807) is 0 Å². The number of hydrogen-bond acceptors (Lipinski definition) is 0. The van der Waals surface area contributed by atoms with Gasteiger partial charge in [0.25, 0.3) is 0 Å². The van der Waals surface area contributed by atoms with Gasteiger partial charge in [-0.1, -0.05) is 23.8 Å². The van der Waals surface area contributed by atoms with Crippen LogP contribution >= 0.6 is 0 Å². The first-order valence-corrected chi connectivity index (χ1v) is 7.40. The molecule has 0 fully saturated rings. The predicted octanol–water partition coefficient (Wildman–Crippen LogP) is 3.96. The smallest absolute Gasteiger partial charge is 0.169 e. The first kappa shape index (κ1) is 13.6. The molecule has 0 aliphatic carbocycles. The zero-order chi connectivity index (χ0) is 14.8. The van der Waals surface area contributed by atoms with Crippen LogP contribution in [0.3, 0.4) is 0 Å². The van der Waals surface area contributed by atoms with Gasteiger partial charge in [0.05, 0.1) is 0 Å². The Labute approximate surface area is 126 Å². The normalized spacial score (nSPS) is 11.6. The van der Waals surface area contributed by atoms with Gasteiger partial charge in [0, 0.05) is 41.3 Å². The lowest BCUT2D eigenvalue weighted by atomic mass is 10.1. The number of fused-ring (bicyclic) bond motifs is 1. The van der Waals surface area contributed by atoms with E-state index in [2.05, 4.69) is 79.5 Å². The van der Waals surface area contributed by atoms with Gasteiger partial charge in [0.2, 0.25) is 0 Å². The van der Waals surface area contributed by atoms with Crippen LogP contribution in [0.15, 0.2) is 48.9 Å². The minimum Gasteiger partial charge on any atom is -0.347 e. The van der Waals surface area contributed by atoms with Gasteiger partial charge in [-0.3, -0.25) is 0 Å². The molecule has 1 aromatic carbocycles. The Morgan fingerprint density at radius 2 is 1.86 bits per heavy atom. The molecule has 0 spiro atoms. The molecule has 0 amide bonds. The maximum Gasteiger partial charge on any atom is 0.169 e. The van der Waals surface area contributed by atoms with Crippen molar-refractivity contribution in [1.82, 2.24) is 4.57 Å². The molecule has 0 bridgehead atoms. The Balaban J connectivity index is 2.03. The molecule has 0 aliphatic heterocycles. The summed E-state index contributed by atoms with van der Waals surface area (Å²) in [6.07, 6.45) is 10.8. The Hall–Kier alpha value is -2.35. The fourth-order valence-electron chi connectivity index (χ4n) is 2.64. The molecule has 2 nitrogen and oxygen atoms in total. The van der Waals surface area contributed by atoms with Crippen molar-refractivity contribution < 1.29 is 4.57 Å². The van der Waals surface area contributed by atoms with Crippen molar-refractivity contribution in [1.29, 1.82) is 0 Å². The summed E-state index contributed by atoms with van der Waals surface area (Å²) >= 11 is 0. The number of rotatable bonds is 3. The molecule has 3 aromatic rings. The maximum atomic E-state index is 2.30. The van der Waals surface area contributed by atoms with Crippen molar-refractivity contribution in [3.63, 3.8) is 0 Å². The highest BCUT2D eigenvalue weighted by atomic mass is 14.9. The molecular formula is C19H21N2+. The summed E-state index contributed by atoms with van der Waals surface area (Å²) in [4.78, 5) is 0. The van der Waals surface area contributed by atoms with E-state index in [1.807, 2.05) is 11.6 Å². The first-order chi connectivity index (χ1) is 10.2. The summed E-state index contributed by atoms with van der Waals surface area (Å²) in [5.41, 5.74) is 5.11. The van der Waals surface area contributed by atoms with Gasteiger partial charge in [-0.25, -0.2) is 4.57 Å². The highest BCUT2D eigenvalue weighted by Crippen LogP contribution is 2.24. The van der Waals surface area contributed by atoms with Crippen molar-refractivity contribution >= 4 is 23.1 Å². The molecule has 0 saturated heterocycles.